The first-order chi connectivity index (χ1) is 18.7. The van der Waals surface area contributed by atoms with Crippen LogP contribution >= 0.6 is 23.4 Å². The molecule has 6 aromatic rings. The molecule has 1 aromatic heterocycles. The highest BCUT2D eigenvalue weighted by Crippen LogP contribution is 2.28. The van der Waals surface area contributed by atoms with Crippen LogP contribution in [0.25, 0.3) is 32.6 Å². The first-order valence-electron chi connectivity index (χ1n) is 12.2. The number of nitrogens with zero attached hydrogens (tertiary/aromatic N) is 3. The van der Waals surface area contributed by atoms with Gasteiger partial charge in [-0.1, -0.05) is 96.2 Å². The van der Waals surface area contributed by atoms with E-state index in [1.165, 1.54) is 11.8 Å². The fourth-order valence-electron chi connectivity index (χ4n) is 4.61. The standard InChI is InChI=1S/C31H23ClN4OS/c32-24-15-13-21(14-16-24)19-36-29-12-6-5-11-28(29)34-31(36)38-20-30(37)35-33-18-27-25-9-3-1-7-22(25)17-23-8-2-4-10-26(23)27/h1-18H,19-20H2,(H,35,37)/b33-18-. The highest BCUT2D eigenvalue weighted by molar-refractivity contribution is 7.99. The Hall–Kier alpha value is -4.13. The van der Waals surface area contributed by atoms with Gasteiger partial charge in [0.1, 0.15) is 0 Å². The maximum absolute atomic E-state index is 12.8. The second-order valence-corrected chi connectivity index (χ2v) is 10.3. The number of thioether (sulfide) groups is 1. The third kappa shape index (κ3) is 5.01. The Labute approximate surface area is 229 Å². The number of hydrogen-bond acceptors (Lipinski definition) is 4. The molecule has 7 heteroatoms. The molecule has 0 saturated heterocycles. The summed E-state index contributed by atoms with van der Waals surface area (Å²) >= 11 is 7.46. The van der Waals surface area contributed by atoms with Gasteiger partial charge in [-0.25, -0.2) is 10.4 Å². The predicted molar refractivity (Wildman–Crippen MR) is 158 cm³/mol. The Morgan fingerprint density at radius 2 is 1.55 bits per heavy atom. The van der Waals surface area contributed by atoms with Gasteiger partial charge in [-0.15, -0.1) is 0 Å². The second kappa shape index (κ2) is 10.7. The Kier molecular flexibility index (Phi) is 6.82. The van der Waals surface area contributed by atoms with E-state index in [-0.39, 0.29) is 11.7 Å². The van der Waals surface area contributed by atoms with Crippen LogP contribution in [0, 0.1) is 0 Å². The highest BCUT2D eigenvalue weighted by atomic mass is 35.5. The Morgan fingerprint density at radius 1 is 0.895 bits per heavy atom. The van der Waals surface area contributed by atoms with Crippen LogP contribution in [-0.4, -0.2) is 27.4 Å². The molecule has 0 aliphatic heterocycles. The number of para-hydroxylation sites is 2. The van der Waals surface area contributed by atoms with Crippen molar-refractivity contribution in [1.82, 2.24) is 15.0 Å². The molecule has 186 valence electrons. The van der Waals surface area contributed by atoms with Crippen molar-refractivity contribution in [3.05, 3.63) is 119 Å². The molecule has 5 nitrogen and oxygen atoms in total. The lowest BCUT2D eigenvalue weighted by atomic mass is 9.97. The zero-order valence-corrected chi connectivity index (χ0v) is 21.9. The Balaban J connectivity index is 1.20. The van der Waals surface area contributed by atoms with E-state index in [4.69, 9.17) is 16.6 Å². The molecule has 0 spiro atoms. The van der Waals surface area contributed by atoms with Crippen molar-refractivity contribution in [2.75, 3.05) is 5.75 Å². The number of imidazole rings is 1. The number of carbonyl (C=O) groups is 1. The lowest BCUT2D eigenvalue weighted by molar-refractivity contribution is -0.118. The average Bonchev–Trinajstić information content (AvgIpc) is 3.30. The predicted octanol–water partition coefficient (Wildman–Crippen LogP) is 7.29. The maximum atomic E-state index is 12.8. The van der Waals surface area contributed by atoms with Gasteiger partial charge in [-0.05, 0) is 57.4 Å². The van der Waals surface area contributed by atoms with E-state index in [1.807, 2.05) is 72.8 Å². The molecule has 6 rings (SSSR count). The number of fused-ring (bicyclic) bond motifs is 3. The molecule has 0 aliphatic rings. The number of halogens is 1. The first-order valence-corrected chi connectivity index (χ1v) is 13.6. The topological polar surface area (TPSA) is 59.3 Å². The van der Waals surface area contributed by atoms with Crippen LogP contribution < -0.4 is 5.43 Å². The van der Waals surface area contributed by atoms with E-state index in [9.17, 15) is 4.79 Å². The van der Waals surface area contributed by atoms with E-state index < -0.39 is 0 Å². The lowest BCUT2D eigenvalue weighted by Gasteiger charge is -2.09. The number of benzene rings is 5. The molecule has 1 heterocycles. The normalized spacial score (nSPS) is 11.6. The Morgan fingerprint density at radius 3 is 2.29 bits per heavy atom. The quantitative estimate of drug-likeness (QED) is 0.101. The summed E-state index contributed by atoms with van der Waals surface area (Å²) in [6.45, 7) is 0.633. The summed E-state index contributed by atoms with van der Waals surface area (Å²) < 4.78 is 2.13. The van der Waals surface area contributed by atoms with Crippen LogP contribution in [-0.2, 0) is 11.3 Å². The third-order valence-corrected chi connectivity index (χ3v) is 7.63. The van der Waals surface area contributed by atoms with Gasteiger partial charge < -0.3 is 4.57 Å². The van der Waals surface area contributed by atoms with Gasteiger partial charge in [0, 0.05) is 10.6 Å². The van der Waals surface area contributed by atoms with Crippen molar-refractivity contribution in [3.8, 4) is 0 Å². The maximum Gasteiger partial charge on any atom is 0.250 e. The third-order valence-electron chi connectivity index (χ3n) is 6.40. The summed E-state index contributed by atoms with van der Waals surface area (Å²) in [5.74, 6) is -0.00159. The molecule has 38 heavy (non-hydrogen) atoms. The van der Waals surface area contributed by atoms with Crippen molar-refractivity contribution < 1.29 is 4.79 Å². The number of carbonyl (C=O) groups excluding carboxylic acids is 1. The lowest BCUT2D eigenvalue weighted by Crippen LogP contribution is -2.20. The van der Waals surface area contributed by atoms with Crippen LogP contribution in [0.4, 0.5) is 0 Å². The zero-order valence-electron chi connectivity index (χ0n) is 20.3. The zero-order chi connectivity index (χ0) is 25.9. The summed E-state index contributed by atoms with van der Waals surface area (Å²) in [5, 5.41) is 10.2. The molecule has 0 radical (unpaired) electrons. The summed E-state index contributed by atoms with van der Waals surface area (Å²) in [4.78, 5) is 17.5. The molecule has 0 atom stereocenters. The SMILES string of the molecule is O=C(CSc1nc2ccccc2n1Cc1ccc(Cl)cc1)N/N=C\c1c2ccccc2cc2ccccc12. The van der Waals surface area contributed by atoms with Crippen LogP contribution in [0.2, 0.25) is 5.02 Å². The van der Waals surface area contributed by atoms with E-state index in [0.29, 0.717) is 11.6 Å². The highest BCUT2D eigenvalue weighted by Gasteiger charge is 2.13. The number of hydrogen-bond donors (Lipinski definition) is 1. The largest absolute Gasteiger partial charge is 0.314 e. The monoisotopic (exact) mass is 534 g/mol. The second-order valence-electron chi connectivity index (χ2n) is 8.91. The van der Waals surface area contributed by atoms with Crippen molar-refractivity contribution in [3.63, 3.8) is 0 Å². The van der Waals surface area contributed by atoms with Gasteiger partial charge in [0.2, 0.25) is 0 Å². The molecule has 0 bridgehead atoms. The molecule has 1 N–H and O–H groups in total. The number of hydrazone groups is 1. The van der Waals surface area contributed by atoms with Gasteiger partial charge in [0.25, 0.3) is 5.91 Å². The smallest absolute Gasteiger partial charge is 0.250 e. The van der Waals surface area contributed by atoms with Crippen molar-refractivity contribution >= 4 is 68.1 Å². The first kappa shape index (κ1) is 24.2. The summed E-state index contributed by atoms with van der Waals surface area (Å²) in [6, 6.07) is 34.3. The number of nitrogens with one attached hydrogen (secondary N) is 1. The summed E-state index contributed by atoms with van der Waals surface area (Å²) in [6.07, 6.45) is 1.74. The van der Waals surface area contributed by atoms with Crippen molar-refractivity contribution in [2.45, 2.75) is 11.7 Å². The Bertz CT molecular complexity index is 1760. The molecule has 0 saturated carbocycles. The van der Waals surface area contributed by atoms with E-state index in [2.05, 4.69) is 45.4 Å². The molecular formula is C31H23ClN4OS. The molecule has 5 aromatic carbocycles. The van der Waals surface area contributed by atoms with Crippen LogP contribution in [0.5, 0.6) is 0 Å². The summed E-state index contributed by atoms with van der Waals surface area (Å²) in [7, 11) is 0. The van der Waals surface area contributed by atoms with Crippen LogP contribution in [0.15, 0.2) is 113 Å². The minimum atomic E-state index is -0.194. The van der Waals surface area contributed by atoms with E-state index in [0.717, 1.165) is 48.9 Å². The van der Waals surface area contributed by atoms with Gasteiger partial charge in [-0.2, -0.15) is 5.10 Å². The van der Waals surface area contributed by atoms with Crippen molar-refractivity contribution in [1.29, 1.82) is 0 Å². The van der Waals surface area contributed by atoms with Gasteiger partial charge >= 0.3 is 0 Å². The molecule has 0 fully saturated rings. The van der Waals surface area contributed by atoms with Gasteiger partial charge in [0.05, 0.1) is 29.5 Å². The minimum absolute atomic E-state index is 0.192. The average molecular weight is 535 g/mol. The summed E-state index contributed by atoms with van der Waals surface area (Å²) in [5.41, 5.74) is 6.70. The van der Waals surface area contributed by atoms with Crippen LogP contribution in [0.3, 0.4) is 0 Å². The molecular weight excluding hydrogens is 512 g/mol. The fraction of sp³-hybridized carbons (Fsp3) is 0.0645. The molecule has 1 amide bonds. The number of aromatic nitrogens is 2. The minimum Gasteiger partial charge on any atom is -0.314 e. The van der Waals surface area contributed by atoms with Crippen LogP contribution in [0.1, 0.15) is 11.1 Å². The van der Waals surface area contributed by atoms with Gasteiger partial charge in [0.15, 0.2) is 5.16 Å². The molecule has 0 unspecified atom stereocenters. The number of amides is 1. The van der Waals surface area contributed by atoms with Crippen molar-refractivity contribution in [2.24, 2.45) is 5.10 Å². The molecule has 0 aliphatic carbocycles. The fourth-order valence-corrected chi connectivity index (χ4v) is 5.54. The van der Waals surface area contributed by atoms with E-state index >= 15 is 0 Å². The number of rotatable bonds is 7. The van der Waals surface area contributed by atoms with Gasteiger partial charge in [-0.3, -0.25) is 4.79 Å². The van der Waals surface area contributed by atoms with E-state index in [1.54, 1.807) is 6.21 Å².